The molecule has 20 heavy (non-hydrogen) atoms. The quantitative estimate of drug-likeness (QED) is 0.666. The molecule has 3 aromatic rings. The number of fused-ring (bicyclic) bond motifs is 1. The molecule has 0 atom stereocenters. The number of halogens is 2. The summed E-state index contributed by atoms with van der Waals surface area (Å²) in [4.78, 5) is 3.21. The summed E-state index contributed by atoms with van der Waals surface area (Å²) in [7, 11) is 0. The lowest BCUT2D eigenvalue weighted by Gasteiger charge is -2.11. The van der Waals surface area contributed by atoms with Gasteiger partial charge < -0.3 is 10.3 Å². The molecule has 0 aliphatic heterocycles. The van der Waals surface area contributed by atoms with E-state index in [1.807, 2.05) is 31.3 Å². The Morgan fingerprint density at radius 1 is 1.10 bits per heavy atom. The van der Waals surface area contributed by atoms with Crippen LogP contribution in [0.25, 0.3) is 10.9 Å². The van der Waals surface area contributed by atoms with E-state index in [4.69, 9.17) is 23.2 Å². The van der Waals surface area contributed by atoms with E-state index < -0.39 is 0 Å². The molecule has 0 aliphatic rings. The molecule has 1 heterocycles. The third-order valence-corrected chi connectivity index (χ3v) is 4.12. The topological polar surface area (TPSA) is 27.8 Å². The smallest absolute Gasteiger partial charge is 0.0641 e. The zero-order valence-corrected chi connectivity index (χ0v) is 12.5. The van der Waals surface area contributed by atoms with Gasteiger partial charge in [0.2, 0.25) is 0 Å². The summed E-state index contributed by atoms with van der Waals surface area (Å²) < 4.78 is 0. The highest BCUT2D eigenvalue weighted by atomic mass is 35.5. The van der Waals surface area contributed by atoms with E-state index in [0.717, 1.165) is 21.8 Å². The molecule has 102 valence electrons. The second-order valence-corrected chi connectivity index (χ2v) is 5.61. The van der Waals surface area contributed by atoms with Crippen LogP contribution in [0.1, 0.15) is 11.1 Å². The highest BCUT2D eigenvalue weighted by molar-refractivity contribution is 6.35. The van der Waals surface area contributed by atoms with Crippen LogP contribution >= 0.6 is 23.2 Å². The second kappa shape index (κ2) is 5.39. The number of hydrogen-bond acceptors (Lipinski definition) is 1. The lowest BCUT2D eigenvalue weighted by molar-refractivity contribution is 1.17. The van der Waals surface area contributed by atoms with Gasteiger partial charge in [0.05, 0.1) is 10.7 Å². The van der Waals surface area contributed by atoms with Crippen LogP contribution in [0.2, 0.25) is 10.0 Å². The molecular formula is C16H14Cl2N2. The van der Waals surface area contributed by atoms with Crippen molar-refractivity contribution in [3.05, 3.63) is 63.8 Å². The maximum Gasteiger partial charge on any atom is 0.0641 e. The van der Waals surface area contributed by atoms with Crippen molar-refractivity contribution in [1.82, 2.24) is 4.98 Å². The SMILES string of the molecule is Cc1cc(Cl)c(NCc2cccc3[nH]ccc23)cc1Cl. The molecule has 2 N–H and O–H groups in total. The Bertz CT molecular complexity index is 762. The zero-order chi connectivity index (χ0) is 14.1. The number of hydrogen-bond donors (Lipinski definition) is 2. The van der Waals surface area contributed by atoms with Crippen molar-refractivity contribution in [2.24, 2.45) is 0 Å². The van der Waals surface area contributed by atoms with Gasteiger partial charge in [-0.15, -0.1) is 0 Å². The van der Waals surface area contributed by atoms with Crippen LogP contribution in [0.5, 0.6) is 0 Å². The zero-order valence-electron chi connectivity index (χ0n) is 11.0. The van der Waals surface area contributed by atoms with Crippen LogP contribution in [-0.4, -0.2) is 4.98 Å². The average molecular weight is 305 g/mol. The predicted molar refractivity (Wildman–Crippen MR) is 86.8 cm³/mol. The largest absolute Gasteiger partial charge is 0.380 e. The lowest BCUT2D eigenvalue weighted by Crippen LogP contribution is -2.00. The Morgan fingerprint density at radius 3 is 2.80 bits per heavy atom. The molecule has 0 spiro atoms. The first kappa shape index (κ1) is 13.3. The minimum Gasteiger partial charge on any atom is -0.380 e. The highest BCUT2D eigenvalue weighted by Crippen LogP contribution is 2.29. The monoisotopic (exact) mass is 304 g/mol. The molecule has 0 saturated heterocycles. The van der Waals surface area contributed by atoms with E-state index in [9.17, 15) is 0 Å². The van der Waals surface area contributed by atoms with Gasteiger partial charge in [-0.1, -0.05) is 35.3 Å². The molecule has 0 saturated carbocycles. The van der Waals surface area contributed by atoms with E-state index in [1.165, 1.54) is 10.9 Å². The predicted octanol–water partition coefficient (Wildman–Crippen LogP) is 5.40. The fraction of sp³-hybridized carbons (Fsp3) is 0.125. The summed E-state index contributed by atoms with van der Waals surface area (Å²) in [5.41, 5.74) is 4.19. The number of nitrogens with one attached hydrogen (secondary N) is 2. The van der Waals surface area contributed by atoms with Crippen molar-refractivity contribution in [2.45, 2.75) is 13.5 Å². The number of aromatic amines is 1. The summed E-state index contributed by atoms with van der Waals surface area (Å²) in [6.07, 6.45) is 1.95. The number of H-pyrrole nitrogens is 1. The van der Waals surface area contributed by atoms with Gasteiger partial charge >= 0.3 is 0 Å². The second-order valence-electron chi connectivity index (χ2n) is 4.79. The van der Waals surface area contributed by atoms with Crippen molar-refractivity contribution < 1.29 is 0 Å². The normalized spacial score (nSPS) is 10.9. The fourth-order valence-electron chi connectivity index (χ4n) is 2.28. The van der Waals surface area contributed by atoms with Gasteiger partial charge in [-0.3, -0.25) is 0 Å². The van der Waals surface area contributed by atoms with E-state index in [-0.39, 0.29) is 0 Å². The Balaban J connectivity index is 1.86. The first-order valence-electron chi connectivity index (χ1n) is 6.39. The first-order valence-corrected chi connectivity index (χ1v) is 7.15. The Kier molecular flexibility index (Phi) is 3.60. The Labute approximate surface area is 127 Å². The van der Waals surface area contributed by atoms with Gasteiger partial charge in [-0.05, 0) is 42.3 Å². The Morgan fingerprint density at radius 2 is 1.95 bits per heavy atom. The van der Waals surface area contributed by atoms with Gasteiger partial charge in [-0.2, -0.15) is 0 Å². The molecule has 1 aromatic heterocycles. The van der Waals surface area contributed by atoms with E-state index in [1.54, 1.807) is 0 Å². The van der Waals surface area contributed by atoms with Crippen LogP contribution in [0.15, 0.2) is 42.6 Å². The van der Waals surface area contributed by atoms with Crippen LogP contribution in [-0.2, 0) is 6.54 Å². The van der Waals surface area contributed by atoms with Gasteiger partial charge in [0, 0.05) is 28.7 Å². The molecule has 0 aliphatic carbocycles. The number of rotatable bonds is 3. The molecule has 0 amide bonds. The van der Waals surface area contributed by atoms with Gasteiger partial charge in [-0.25, -0.2) is 0 Å². The molecule has 2 aromatic carbocycles. The summed E-state index contributed by atoms with van der Waals surface area (Å²) in [5.74, 6) is 0. The lowest BCUT2D eigenvalue weighted by atomic mass is 10.1. The first-order chi connectivity index (χ1) is 9.65. The van der Waals surface area contributed by atoms with Gasteiger partial charge in [0.15, 0.2) is 0 Å². The summed E-state index contributed by atoms with van der Waals surface area (Å²) in [6.45, 7) is 2.65. The van der Waals surface area contributed by atoms with Crippen LogP contribution in [0.3, 0.4) is 0 Å². The third-order valence-electron chi connectivity index (χ3n) is 3.40. The Hall–Kier alpha value is -1.64. The summed E-state index contributed by atoms with van der Waals surface area (Å²) >= 11 is 12.4. The van der Waals surface area contributed by atoms with E-state index >= 15 is 0 Å². The summed E-state index contributed by atoms with van der Waals surface area (Å²) in [6, 6.07) is 12.0. The molecule has 2 nitrogen and oxygen atoms in total. The number of anilines is 1. The average Bonchev–Trinajstić information content (AvgIpc) is 2.90. The van der Waals surface area contributed by atoms with Crippen molar-refractivity contribution in [3.8, 4) is 0 Å². The van der Waals surface area contributed by atoms with Crippen molar-refractivity contribution in [2.75, 3.05) is 5.32 Å². The van der Waals surface area contributed by atoms with Crippen LogP contribution < -0.4 is 5.32 Å². The van der Waals surface area contributed by atoms with Gasteiger partial charge in [0.1, 0.15) is 0 Å². The maximum absolute atomic E-state index is 6.24. The molecule has 0 fully saturated rings. The minimum absolute atomic E-state index is 0.688. The van der Waals surface area contributed by atoms with Crippen LogP contribution in [0.4, 0.5) is 5.69 Å². The van der Waals surface area contributed by atoms with Crippen LogP contribution in [0, 0.1) is 6.92 Å². The van der Waals surface area contributed by atoms with Crippen molar-refractivity contribution in [3.63, 3.8) is 0 Å². The number of aryl methyl sites for hydroxylation is 1. The molecule has 0 bridgehead atoms. The minimum atomic E-state index is 0.688. The molecule has 0 unspecified atom stereocenters. The molecule has 4 heteroatoms. The van der Waals surface area contributed by atoms with Gasteiger partial charge in [0.25, 0.3) is 0 Å². The number of benzene rings is 2. The standard InChI is InChI=1S/C16H14Cl2N2/c1-10-7-14(18)16(8-13(10)17)20-9-11-3-2-4-15-12(11)5-6-19-15/h2-8,19-20H,9H2,1H3. The number of aromatic nitrogens is 1. The fourth-order valence-corrected chi connectivity index (χ4v) is 2.73. The molecular weight excluding hydrogens is 291 g/mol. The molecule has 3 rings (SSSR count). The van der Waals surface area contributed by atoms with Crippen molar-refractivity contribution in [1.29, 1.82) is 0 Å². The summed E-state index contributed by atoms with van der Waals surface area (Å²) in [5, 5.41) is 5.97. The maximum atomic E-state index is 6.24. The highest BCUT2D eigenvalue weighted by Gasteiger charge is 2.06. The van der Waals surface area contributed by atoms with Crippen molar-refractivity contribution >= 4 is 39.8 Å². The molecule has 0 radical (unpaired) electrons. The third kappa shape index (κ3) is 2.49. The van der Waals surface area contributed by atoms with E-state index in [2.05, 4.69) is 28.5 Å². The van der Waals surface area contributed by atoms with E-state index in [0.29, 0.717) is 11.6 Å².